The Bertz CT molecular complexity index is 360. The Balaban J connectivity index is 2.91. The van der Waals surface area contributed by atoms with Crippen LogP contribution in [0.2, 0.25) is 0 Å². The molecule has 0 aromatic heterocycles. The van der Waals surface area contributed by atoms with Gasteiger partial charge in [0.25, 0.3) is 0 Å². The van der Waals surface area contributed by atoms with Gasteiger partial charge in [-0.1, -0.05) is 46.8 Å². The van der Waals surface area contributed by atoms with E-state index < -0.39 is 0 Å². The van der Waals surface area contributed by atoms with Crippen molar-refractivity contribution in [2.24, 2.45) is 11.7 Å². The third-order valence-electron chi connectivity index (χ3n) is 3.65. The molecule has 0 saturated carbocycles. The number of hydrogen-bond donors (Lipinski definition) is 1. The molecule has 18 heavy (non-hydrogen) atoms. The van der Waals surface area contributed by atoms with Crippen molar-refractivity contribution in [3.05, 3.63) is 29.8 Å². The largest absolute Gasteiger partial charge is 0.370 e. The molecule has 102 valence electrons. The van der Waals surface area contributed by atoms with Crippen LogP contribution in [-0.2, 0) is 5.41 Å². The predicted molar refractivity (Wildman–Crippen MR) is 81.2 cm³/mol. The Morgan fingerprint density at radius 2 is 1.61 bits per heavy atom. The maximum atomic E-state index is 5.87. The third kappa shape index (κ3) is 3.49. The first-order valence-electron chi connectivity index (χ1n) is 6.80. The summed E-state index contributed by atoms with van der Waals surface area (Å²) in [5.74, 6) is 0.558. The van der Waals surface area contributed by atoms with E-state index in [1.807, 2.05) is 0 Å². The second-order valence-electron chi connectivity index (χ2n) is 6.45. The molecule has 0 bridgehead atoms. The van der Waals surface area contributed by atoms with Gasteiger partial charge in [-0.15, -0.1) is 0 Å². The lowest BCUT2D eigenvalue weighted by atomic mass is 9.87. The number of nitrogens with two attached hydrogens (primary N) is 1. The van der Waals surface area contributed by atoms with Gasteiger partial charge >= 0.3 is 0 Å². The minimum atomic E-state index is 0.211. The first-order valence-corrected chi connectivity index (χ1v) is 6.80. The maximum absolute atomic E-state index is 5.87. The zero-order chi connectivity index (χ0) is 13.9. The summed E-state index contributed by atoms with van der Waals surface area (Å²) in [4.78, 5) is 2.29. The summed E-state index contributed by atoms with van der Waals surface area (Å²) in [6, 6.07) is 9.24. The van der Waals surface area contributed by atoms with Crippen LogP contribution in [0, 0.1) is 5.92 Å². The second-order valence-corrected chi connectivity index (χ2v) is 6.45. The second kappa shape index (κ2) is 5.75. The molecule has 0 amide bonds. The Kier molecular flexibility index (Phi) is 4.80. The fourth-order valence-corrected chi connectivity index (χ4v) is 2.27. The lowest BCUT2D eigenvalue weighted by Gasteiger charge is -2.32. The van der Waals surface area contributed by atoms with Crippen LogP contribution in [0.1, 0.15) is 40.2 Å². The van der Waals surface area contributed by atoms with Gasteiger partial charge in [-0.3, -0.25) is 0 Å². The zero-order valence-corrected chi connectivity index (χ0v) is 12.7. The SMILES string of the molecule is CC(C)C(CN)N(C)c1ccc(C(C)(C)C)cc1. The quantitative estimate of drug-likeness (QED) is 0.885. The summed E-state index contributed by atoms with van der Waals surface area (Å²) in [7, 11) is 2.13. The molecule has 0 radical (unpaired) electrons. The summed E-state index contributed by atoms with van der Waals surface area (Å²) in [5, 5.41) is 0. The summed E-state index contributed by atoms with van der Waals surface area (Å²) < 4.78 is 0. The van der Waals surface area contributed by atoms with E-state index >= 15 is 0 Å². The van der Waals surface area contributed by atoms with Crippen LogP contribution in [0.5, 0.6) is 0 Å². The number of rotatable bonds is 4. The van der Waals surface area contributed by atoms with Crippen molar-refractivity contribution in [2.45, 2.75) is 46.1 Å². The molecule has 1 atom stereocenters. The Morgan fingerprint density at radius 1 is 1.11 bits per heavy atom. The minimum absolute atomic E-state index is 0.211. The van der Waals surface area contributed by atoms with E-state index in [2.05, 4.69) is 70.8 Å². The fourth-order valence-electron chi connectivity index (χ4n) is 2.27. The predicted octanol–water partition coefficient (Wildman–Crippen LogP) is 3.40. The Hall–Kier alpha value is -1.02. The van der Waals surface area contributed by atoms with E-state index in [-0.39, 0.29) is 5.41 Å². The van der Waals surface area contributed by atoms with E-state index in [4.69, 9.17) is 5.73 Å². The van der Waals surface area contributed by atoms with Crippen LogP contribution in [0.15, 0.2) is 24.3 Å². The van der Waals surface area contributed by atoms with Gasteiger partial charge in [0.05, 0.1) is 0 Å². The van der Waals surface area contributed by atoms with Crippen LogP contribution in [0.25, 0.3) is 0 Å². The summed E-state index contributed by atoms with van der Waals surface area (Å²) in [5.41, 5.74) is 8.69. The smallest absolute Gasteiger partial charge is 0.0431 e. The molecule has 0 aliphatic heterocycles. The topological polar surface area (TPSA) is 29.3 Å². The molecule has 2 N–H and O–H groups in total. The van der Waals surface area contributed by atoms with E-state index in [0.717, 1.165) is 0 Å². The van der Waals surface area contributed by atoms with Gasteiger partial charge < -0.3 is 10.6 Å². The number of nitrogens with zero attached hydrogens (tertiary/aromatic N) is 1. The Labute approximate surface area is 112 Å². The van der Waals surface area contributed by atoms with Gasteiger partial charge in [-0.2, -0.15) is 0 Å². The van der Waals surface area contributed by atoms with Crippen molar-refractivity contribution < 1.29 is 0 Å². The highest BCUT2D eigenvalue weighted by Crippen LogP contribution is 2.26. The zero-order valence-electron chi connectivity index (χ0n) is 12.7. The fraction of sp³-hybridized carbons (Fsp3) is 0.625. The van der Waals surface area contributed by atoms with Gasteiger partial charge in [0.15, 0.2) is 0 Å². The highest BCUT2D eigenvalue weighted by molar-refractivity contribution is 5.49. The average Bonchev–Trinajstić information content (AvgIpc) is 2.28. The average molecular weight is 248 g/mol. The molecular weight excluding hydrogens is 220 g/mol. The maximum Gasteiger partial charge on any atom is 0.0431 e. The molecule has 0 aliphatic rings. The molecule has 0 fully saturated rings. The van der Waals surface area contributed by atoms with Crippen LogP contribution >= 0.6 is 0 Å². The van der Waals surface area contributed by atoms with E-state index in [9.17, 15) is 0 Å². The first-order chi connectivity index (χ1) is 8.27. The van der Waals surface area contributed by atoms with Gasteiger partial charge in [-0.25, -0.2) is 0 Å². The molecule has 1 rings (SSSR count). The molecular formula is C16H28N2. The molecule has 1 aromatic rings. The van der Waals surface area contributed by atoms with E-state index in [1.165, 1.54) is 11.3 Å². The summed E-state index contributed by atoms with van der Waals surface area (Å²) >= 11 is 0. The summed E-state index contributed by atoms with van der Waals surface area (Å²) in [6.45, 7) is 11.8. The van der Waals surface area contributed by atoms with Crippen molar-refractivity contribution in [3.63, 3.8) is 0 Å². The summed E-state index contributed by atoms with van der Waals surface area (Å²) in [6.07, 6.45) is 0. The van der Waals surface area contributed by atoms with Crippen LogP contribution in [0.3, 0.4) is 0 Å². The van der Waals surface area contributed by atoms with Crippen molar-refractivity contribution in [2.75, 3.05) is 18.5 Å². The number of hydrogen-bond acceptors (Lipinski definition) is 2. The van der Waals surface area contributed by atoms with Crippen molar-refractivity contribution >= 4 is 5.69 Å². The van der Waals surface area contributed by atoms with Crippen molar-refractivity contribution in [1.82, 2.24) is 0 Å². The van der Waals surface area contributed by atoms with E-state index in [0.29, 0.717) is 18.5 Å². The van der Waals surface area contributed by atoms with Gasteiger partial charge in [0.1, 0.15) is 0 Å². The molecule has 0 spiro atoms. The standard InChI is InChI=1S/C16H28N2/c1-12(2)15(11-17)18(6)14-9-7-13(8-10-14)16(3,4)5/h7-10,12,15H,11,17H2,1-6H3. The van der Waals surface area contributed by atoms with Crippen LogP contribution in [0.4, 0.5) is 5.69 Å². The molecule has 0 heterocycles. The number of anilines is 1. The first kappa shape index (κ1) is 15.0. The highest BCUT2D eigenvalue weighted by atomic mass is 15.1. The lowest BCUT2D eigenvalue weighted by Crippen LogP contribution is -2.41. The molecule has 2 heteroatoms. The Morgan fingerprint density at radius 3 is 1.94 bits per heavy atom. The molecule has 0 aliphatic carbocycles. The van der Waals surface area contributed by atoms with Gasteiger partial charge in [0, 0.05) is 25.3 Å². The number of benzene rings is 1. The van der Waals surface area contributed by atoms with Gasteiger partial charge in [0.2, 0.25) is 0 Å². The van der Waals surface area contributed by atoms with Crippen molar-refractivity contribution in [1.29, 1.82) is 0 Å². The van der Waals surface area contributed by atoms with Crippen LogP contribution in [-0.4, -0.2) is 19.6 Å². The van der Waals surface area contributed by atoms with Crippen LogP contribution < -0.4 is 10.6 Å². The van der Waals surface area contributed by atoms with E-state index in [1.54, 1.807) is 0 Å². The molecule has 0 saturated heterocycles. The number of likely N-dealkylation sites (N-methyl/N-ethyl adjacent to an activating group) is 1. The lowest BCUT2D eigenvalue weighted by molar-refractivity contribution is 0.479. The molecule has 1 aromatic carbocycles. The van der Waals surface area contributed by atoms with Gasteiger partial charge in [-0.05, 0) is 29.0 Å². The minimum Gasteiger partial charge on any atom is -0.370 e. The normalized spacial score (nSPS) is 13.8. The molecule has 1 unspecified atom stereocenters. The monoisotopic (exact) mass is 248 g/mol. The van der Waals surface area contributed by atoms with Crippen molar-refractivity contribution in [3.8, 4) is 0 Å². The molecule has 2 nitrogen and oxygen atoms in total. The highest BCUT2D eigenvalue weighted by Gasteiger charge is 2.18. The third-order valence-corrected chi connectivity index (χ3v) is 3.65.